The first-order valence-corrected chi connectivity index (χ1v) is 11.5. The molecule has 2 heterocycles. The molecule has 2 atom stereocenters. The number of halogens is 3. The van der Waals surface area contributed by atoms with E-state index in [1.807, 2.05) is 11.1 Å². The highest BCUT2D eigenvalue weighted by Crippen LogP contribution is 2.37. The third kappa shape index (κ3) is 4.21. The van der Waals surface area contributed by atoms with Gasteiger partial charge in [-0.2, -0.15) is 5.10 Å². The number of nitrogens with one attached hydrogen (secondary N) is 1. The van der Waals surface area contributed by atoms with E-state index in [9.17, 15) is 9.18 Å². The molecule has 0 saturated carbocycles. The Labute approximate surface area is 195 Å². The van der Waals surface area contributed by atoms with Gasteiger partial charge in [0.15, 0.2) is 0 Å². The van der Waals surface area contributed by atoms with Gasteiger partial charge in [-0.25, -0.2) is 4.39 Å². The van der Waals surface area contributed by atoms with E-state index >= 15 is 0 Å². The summed E-state index contributed by atoms with van der Waals surface area (Å²) in [6, 6.07) is 9.31. The third-order valence-corrected chi connectivity index (χ3v) is 7.07. The first kappa shape index (κ1) is 21.3. The van der Waals surface area contributed by atoms with Crippen molar-refractivity contribution in [1.82, 2.24) is 15.1 Å². The second-order valence-corrected chi connectivity index (χ2v) is 9.23. The highest BCUT2D eigenvalue weighted by atomic mass is 35.5. The molecule has 1 saturated heterocycles. The van der Waals surface area contributed by atoms with Crippen molar-refractivity contribution in [3.05, 3.63) is 75.3 Å². The average molecular weight is 474 g/mol. The van der Waals surface area contributed by atoms with Crippen LogP contribution >= 0.6 is 23.2 Å². The normalized spacial score (nSPS) is 20.5. The molecule has 1 amide bonds. The number of nitrogens with zero attached hydrogens (tertiary/aromatic N) is 2. The van der Waals surface area contributed by atoms with E-state index in [0.29, 0.717) is 28.0 Å². The third-order valence-electron chi connectivity index (χ3n) is 6.40. The molecule has 166 valence electrons. The lowest BCUT2D eigenvalue weighted by molar-refractivity contribution is -0.133. The molecule has 1 aromatic heterocycles. The molecule has 1 unspecified atom stereocenters. The van der Waals surface area contributed by atoms with Crippen molar-refractivity contribution in [3.8, 4) is 11.5 Å². The molecular formula is C24H22Cl2FN3O2. The summed E-state index contributed by atoms with van der Waals surface area (Å²) < 4.78 is 18.8. The molecule has 0 radical (unpaired) electrons. The fraction of sp³-hybridized carbons (Fsp3) is 0.333. The van der Waals surface area contributed by atoms with E-state index in [1.54, 1.807) is 12.1 Å². The van der Waals surface area contributed by atoms with Crippen LogP contribution in [0.4, 0.5) is 4.39 Å². The largest absolute Gasteiger partial charge is 0.457 e. The van der Waals surface area contributed by atoms with Gasteiger partial charge in [-0.1, -0.05) is 23.2 Å². The van der Waals surface area contributed by atoms with Crippen molar-refractivity contribution in [2.75, 3.05) is 6.54 Å². The van der Waals surface area contributed by atoms with Crippen LogP contribution in [0.25, 0.3) is 0 Å². The van der Waals surface area contributed by atoms with E-state index < -0.39 is 0 Å². The number of carbonyl (C=O) groups is 1. The molecule has 5 nitrogen and oxygen atoms in total. The molecule has 5 rings (SSSR count). The van der Waals surface area contributed by atoms with Gasteiger partial charge in [-0.3, -0.25) is 9.89 Å². The predicted molar refractivity (Wildman–Crippen MR) is 121 cm³/mol. The maximum atomic E-state index is 13.2. The number of aryl methyl sites for hydroxylation is 1. The van der Waals surface area contributed by atoms with Crippen molar-refractivity contribution in [2.45, 2.75) is 38.1 Å². The number of aromatic nitrogens is 2. The monoisotopic (exact) mass is 473 g/mol. The van der Waals surface area contributed by atoms with Crippen LogP contribution in [0.3, 0.4) is 0 Å². The van der Waals surface area contributed by atoms with Crippen molar-refractivity contribution in [3.63, 3.8) is 0 Å². The first-order valence-electron chi connectivity index (χ1n) is 10.7. The van der Waals surface area contributed by atoms with Crippen LogP contribution < -0.4 is 4.74 Å². The quantitative estimate of drug-likeness (QED) is 0.524. The molecule has 0 bridgehead atoms. The summed E-state index contributed by atoms with van der Waals surface area (Å²) >= 11 is 13.0. The predicted octanol–water partition coefficient (Wildman–Crippen LogP) is 5.60. The van der Waals surface area contributed by atoms with Crippen LogP contribution in [-0.2, 0) is 24.1 Å². The summed E-state index contributed by atoms with van der Waals surface area (Å²) in [7, 11) is 0. The summed E-state index contributed by atoms with van der Waals surface area (Å²) in [5, 5.41) is 8.09. The minimum Gasteiger partial charge on any atom is -0.457 e. The van der Waals surface area contributed by atoms with Gasteiger partial charge in [0.2, 0.25) is 5.91 Å². The molecule has 3 aromatic rings. The summed E-state index contributed by atoms with van der Waals surface area (Å²) in [6.07, 6.45) is 5.86. The topological polar surface area (TPSA) is 58.2 Å². The minimum atomic E-state index is -0.336. The Morgan fingerprint density at radius 1 is 1.12 bits per heavy atom. The zero-order valence-electron chi connectivity index (χ0n) is 17.3. The molecule has 2 aromatic carbocycles. The minimum absolute atomic E-state index is 0.139. The van der Waals surface area contributed by atoms with E-state index in [0.717, 1.165) is 37.8 Å². The van der Waals surface area contributed by atoms with Crippen molar-refractivity contribution in [2.24, 2.45) is 5.92 Å². The number of fused-ring (bicyclic) bond motifs is 1. The number of hydrogen-bond acceptors (Lipinski definition) is 3. The lowest BCUT2D eigenvalue weighted by atomic mass is 9.92. The first-order chi connectivity index (χ1) is 15.5. The number of amides is 1. The van der Waals surface area contributed by atoms with E-state index in [-0.39, 0.29) is 23.7 Å². The Bertz CT molecular complexity index is 1130. The zero-order valence-corrected chi connectivity index (χ0v) is 18.8. The Morgan fingerprint density at radius 2 is 1.88 bits per heavy atom. The molecule has 0 spiro atoms. The van der Waals surface area contributed by atoms with Crippen LogP contribution in [0.2, 0.25) is 10.0 Å². The van der Waals surface area contributed by atoms with Gasteiger partial charge >= 0.3 is 0 Å². The molecular weight excluding hydrogens is 452 g/mol. The highest BCUT2D eigenvalue weighted by molar-refractivity contribution is 6.36. The number of aromatic amines is 1. The Kier molecular flexibility index (Phi) is 5.82. The number of ether oxygens (including phenoxy) is 1. The molecule has 32 heavy (non-hydrogen) atoms. The summed E-state index contributed by atoms with van der Waals surface area (Å²) in [6.45, 7) is 0.752. The van der Waals surface area contributed by atoms with Gasteiger partial charge in [-0.05, 0) is 79.6 Å². The lowest BCUT2D eigenvalue weighted by Crippen LogP contribution is -2.41. The number of hydrogen-bond donors (Lipinski definition) is 1. The van der Waals surface area contributed by atoms with Crippen LogP contribution in [0.15, 0.2) is 42.6 Å². The van der Waals surface area contributed by atoms with Gasteiger partial charge in [-0.15, -0.1) is 0 Å². The number of likely N-dealkylation sites (tertiary alicyclic amines) is 1. The van der Waals surface area contributed by atoms with Gasteiger partial charge in [0.1, 0.15) is 17.3 Å². The van der Waals surface area contributed by atoms with E-state index in [1.165, 1.54) is 35.5 Å². The zero-order chi connectivity index (χ0) is 22.2. The molecule has 1 fully saturated rings. The summed E-state index contributed by atoms with van der Waals surface area (Å²) in [5.74, 6) is 0.645. The summed E-state index contributed by atoms with van der Waals surface area (Å²) in [4.78, 5) is 15.2. The second-order valence-electron chi connectivity index (χ2n) is 8.41. The average Bonchev–Trinajstić information content (AvgIpc) is 3.38. The number of H-pyrrole nitrogens is 1. The maximum absolute atomic E-state index is 13.2. The van der Waals surface area contributed by atoms with Crippen LogP contribution in [0, 0.1) is 11.7 Å². The van der Waals surface area contributed by atoms with E-state index in [2.05, 4.69) is 10.2 Å². The number of rotatable bonds is 5. The SMILES string of the molecule is O=C1[C@H](Cc2c(Cl)cc(Oc3ccc(F)cc3)cc2Cl)CCN1C1CCc2[nH]ncc2C1. The second kappa shape index (κ2) is 8.75. The molecule has 1 aliphatic heterocycles. The summed E-state index contributed by atoms with van der Waals surface area (Å²) in [5.41, 5.74) is 3.15. The van der Waals surface area contributed by atoms with Gasteiger partial charge < -0.3 is 9.64 Å². The lowest BCUT2D eigenvalue weighted by Gasteiger charge is -2.31. The fourth-order valence-corrected chi connectivity index (χ4v) is 5.32. The van der Waals surface area contributed by atoms with Gasteiger partial charge in [0.25, 0.3) is 0 Å². The molecule has 1 aliphatic carbocycles. The Balaban J connectivity index is 1.27. The molecule has 8 heteroatoms. The number of benzene rings is 2. The standard InChI is InChI=1S/C24H22Cl2FN3O2/c25-21-11-19(32-18-4-1-16(27)2-5-18)12-22(26)20(21)10-14-7-8-30(24(14)31)17-3-6-23-15(9-17)13-28-29-23/h1-2,4-5,11-14,17H,3,6-10H2,(H,28,29)/t14-,17?/m0/s1. The fourth-order valence-electron chi connectivity index (χ4n) is 4.70. The molecule has 1 N–H and O–H groups in total. The van der Waals surface area contributed by atoms with Crippen molar-refractivity contribution < 1.29 is 13.9 Å². The van der Waals surface area contributed by atoms with Gasteiger partial charge in [0, 0.05) is 34.2 Å². The Hall–Kier alpha value is -2.57. The van der Waals surface area contributed by atoms with Crippen LogP contribution in [0.5, 0.6) is 11.5 Å². The number of carbonyl (C=O) groups excluding carboxylic acids is 1. The smallest absolute Gasteiger partial charge is 0.226 e. The Morgan fingerprint density at radius 3 is 2.62 bits per heavy atom. The molecule has 2 aliphatic rings. The van der Waals surface area contributed by atoms with Crippen molar-refractivity contribution >= 4 is 29.1 Å². The van der Waals surface area contributed by atoms with Crippen LogP contribution in [0.1, 0.15) is 29.7 Å². The highest BCUT2D eigenvalue weighted by Gasteiger charge is 2.37. The maximum Gasteiger partial charge on any atom is 0.226 e. The van der Waals surface area contributed by atoms with Gasteiger partial charge in [0.05, 0.1) is 6.20 Å². The van der Waals surface area contributed by atoms with Crippen LogP contribution in [-0.4, -0.2) is 33.6 Å². The van der Waals surface area contributed by atoms with Crippen molar-refractivity contribution in [1.29, 1.82) is 0 Å². The van der Waals surface area contributed by atoms with E-state index in [4.69, 9.17) is 27.9 Å².